The number of nitrogens with zero attached hydrogens (tertiary/aromatic N) is 6. The molecule has 0 atom stereocenters. The molecule has 0 amide bonds. The summed E-state index contributed by atoms with van der Waals surface area (Å²) in [6, 6.07) is 43.3. The molecule has 22 heteroatoms. The Morgan fingerprint density at radius 1 is 0.409 bits per heavy atom. The molecule has 1 aliphatic carbocycles. The Morgan fingerprint density at radius 2 is 0.712 bits per heavy atom. The summed E-state index contributed by atoms with van der Waals surface area (Å²) < 4.78 is 74.6. The van der Waals surface area contributed by atoms with Gasteiger partial charge >= 0.3 is 59.1 Å². The standard InChI is InChI=1S/C44H38N12O6S2.2Na/c57-63(58,59)44(64(60,61)62)29-37(50-43-55-40(47-34-17-9-3-10-18-34)52-41(56-43)48-35-19-11-4-12-20-35)28-25-31(44)24-21-30-22-26-36(27-23-30)49-42-53-38(45-32-13-5-1-6-14-32)51-39(54-42)46-33-15-7-2-8-16-33;;/h1-28H,29H2,(H,57,58,59)(H,60,61,62)(H3,45,46,49,51,53,54)(H3,47,48,50,52,55,56);;/q;2*+1/p-2. The summed E-state index contributed by atoms with van der Waals surface area (Å²) in [5, 5.41) is 18.4. The van der Waals surface area contributed by atoms with Crippen molar-refractivity contribution in [3.63, 3.8) is 0 Å². The maximum atomic E-state index is 13.0. The van der Waals surface area contributed by atoms with E-state index in [4.69, 9.17) is 0 Å². The van der Waals surface area contributed by atoms with E-state index < -0.39 is 36.3 Å². The van der Waals surface area contributed by atoms with Crippen LogP contribution in [0, 0.1) is 0 Å². The minimum Gasteiger partial charge on any atom is -0.746 e. The summed E-state index contributed by atoms with van der Waals surface area (Å²) in [6.07, 6.45) is 3.86. The molecule has 6 N–H and O–H groups in total. The van der Waals surface area contributed by atoms with Gasteiger partial charge in [-0.1, -0.05) is 103 Å². The predicted octanol–water partition coefficient (Wildman–Crippen LogP) is 1.91. The number of rotatable bonds is 16. The van der Waals surface area contributed by atoms with Crippen LogP contribution < -0.4 is 91.0 Å². The quantitative estimate of drug-likeness (QED) is 0.0597. The van der Waals surface area contributed by atoms with Crippen molar-refractivity contribution in [1.82, 2.24) is 29.9 Å². The second kappa shape index (κ2) is 22.0. The Hall–Kier alpha value is -6.04. The van der Waals surface area contributed by atoms with Gasteiger partial charge in [-0.2, -0.15) is 29.9 Å². The van der Waals surface area contributed by atoms with Crippen molar-refractivity contribution in [1.29, 1.82) is 0 Å². The first-order valence-corrected chi connectivity index (χ1v) is 22.2. The first-order valence-electron chi connectivity index (χ1n) is 19.3. The second-order valence-corrected chi connectivity index (χ2v) is 17.4. The second-order valence-electron chi connectivity index (χ2n) is 13.9. The van der Waals surface area contributed by atoms with Crippen LogP contribution in [0.1, 0.15) is 12.0 Å². The van der Waals surface area contributed by atoms with Crippen molar-refractivity contribution >= 4 is 90.4 Å². The molecule has 7 aromatic rings. The summed E-state index contributed by atoms with van der Waals surface area (Å²) in [5.74, 6) is 0.728. The van der Waals surface area contributed by atoms with Crippen LogP contribution in [0.25, 0.3) is 6.08 Å². The molecule has 0 fully saturated rings. The molecule has 8 rings (SSSR count). The topological polar surface area (TPSA) is 264 Å². The van der Waals surface area contributed by atoms with Gasteiger partial charge in [-0.05, 0) is 77.9 Å². The van der Waals surface area contributed by atoms with Crippen LogP contribution in [0.15, 0.2) is 175 Å². The van der Waals surface area contributed by atoms with E-state index in [9.17, 15) is 25.9 Å². The van der Waals surface area contributed by atoms with E-state index in [1.54, 1.807) is 72.8 Å². The van der Waals surface area contributed by atoms with Crippen molar-refractivity contribution in [2.45, 2.75) is 10.5 Å². The molecule has 0 unspecified atom stereocenters. The molecule has 5 aromatic carbocycles. The molecule has 1 aliphatic rings. The largest absolute Gasteiger partial charge is 1.00 e. The number of hydrogen-bond acceptors (Lipinski definition) is 18. The third-order valence-corrected chi connectivity index (χ3v) is 13.0. The van der Waals surface area contributed by atoms with Gasteiger partial charge in [-0.25, -0.2) is 16.8 Å². The van der Waals surface area contributed by atoms with Crippen LogP contribution in [0.5, 0.6) is 0 Å². The number of benzene rings is 5. The van der Waals surface area contributed by atoms with Gasteiger partial charge < -0.3 is 41.0 Å². The van der Waals surface area contributed by atoms with Crippen LogP contribution in [0.2, 0.25) is 0 Å². The van der Waals surface area contributed by atoms with Crippen molar-refractivity contribution in [3.05, 3.63) is 181 Å². The Balaban J connectivity index is 0.00000360. The fraction of sp³-hybridized carbons (Fsp3) is 0.0455. The molecular weight excluding hydrogens is 903 g/mol. The molecule has 2 heterocycles. The van der Waals surface area contributed by atoms with Gasteiger partial charge in [0, 0.05) is 40.6 Å². The first kappa shape index (κ1) is 49.4. The summed E-state index contributed by atoms with van der Waals surface area (Å²) in [7, 11) is -11.8. The van der Waals surface area contributed by atoms with Gasteiger partial charge in [-0.3, -0.25) is 0 Å². The van der Waals surface area contributed by atoms with Gasteiger partial charge in [0.25, 0.3) is 0 Å². The van der Waals surface area contributed by atoms with E-state index >= 15 is 0 Å². The molecule has 66 heavy (non-hydrogen) atoms. The molecule has 0 saturated heterocycles. The van der Waals surface area contributed by atoms with Crippen molar-refractivity contribution < 1.29 is 85.1 Å². The van der Waals surface area contributed by atoms with Gasteiger partial charge in [-0.15, -0.1) is 0 Å². The molecule has 0 aliphatic heterocycles. The van der Waals surface area contributed by atoms with Gasteiger partial charge in [0.05, 0.1) is 0 Å². The molecule has 322 valence electrons. The summed E-state index contributed by atoms with van der Waals surface area (Å²) in [6.45, 7) is 0. The Kier molecular flexibility index (Phi) is 16.4. The molecule has 18 nitrogen and oxygen atoms in total. The van der Waals surface area contributed by atoms with Gasteiger partial charge in [0.2, 0.25) is 35.7 Å². The molecular formula is C44H36N12Na2O6S2. The fourth-order valence-electron chi connectivity index (χ4n) is 6.41. The molecule has 0 spiro atoms. The van der Waals surface area contributed by atoms with Crippen LogP contribution in [0.4, 0.5) is 64.1 Å². The van der Waals surface area contributed by atoms with E-state index in [-0.39, 0.29) is 101 Å². The molecule has 0 bridgehead atoms. The third kappa shape index (κ3) is 12.4. The zero-order valence-electron chi connectivity index (χ0n) is 35.3. The normalized spacial score (nSPS) is 13.2. The number of nitrogens with one attached hydrogen (secondary N) is 6. The Morgan fingerprint density at radius 3 is 1.03 bits per heavy atom. The number of aromatic nitrogens is 6. The third-order valence-electron chi connectivity index (χ3n) is 9.42. The summed E-state index contributed by atoms with van der Waals surface area (Å²) >= 11 is 0. The monoisotopic (exact) mass is 938 g/mol. The zero-order chi connectivity index (χ0) is 44.6. The maximum absolute atomic E-state index is 13.0. The van der Waals surface area contributed by atoms with Gasteiger partial charge in [0.15, 0.2) is 4.08 Å². The van der Waals surface area contributed by atoms with E-state index in [1.165, 1.54) is 12.2 Å². The van der Waals surface area contributed by atoms with Crippen molar-refractivity contribution in [3.8, 4) is 0 Å². The SMILES string of the molecule is O=S(=O)([O-])C1(S(=O)(=O)[O-])CC(Nc2nc(Nc3ccccc3)nc(Nc3ccccc3)n2)=CC=C1C=Cc1ccc(Nc2nc(Nc3ccccc3)nc(Nc3ccccc3)n2)cc1.[Na+].[Na+]. The minimum absolute atomic E-state index is 0. The van der Waals surface area contributed by atoms with Crippen LogP contribution >= 0.6 is 0 Å². The van der Waals surface area contributed by atoms with Crippen LogP contribution in [0.3, 0.4) is 0 Å². The number of hydrogen-bond donors (Lipinski definition) is 6. The average Bonchev–Trinajstić information content (AvgIpc) is 3.27. The number of allylic oxidation sites excluding steroid dienone is 4. The molecule has 0 radical (unpaired) electrons. The summed E-state index contributed by atoms with van der Waals surface area (Å²) in [5.41, 5.74) is 3.12. The maximum Gasteiger partial charge on any atom is 1.00 e. The van der Waals surface area contributed by atoms with E-state index in [1.807, 2.05) is 72.8 Å². The first-order chi connectivity index (χ1) is 30.9. The van der Waals surface area contributed by atoms with E-state index in [0.29, 0.717) is 22.6 Å². The number of anilines is 11. The van der Waals surface area contributed by atoms with E-state index in [2.05, 4.69) is 61.8 Å². The smallest absolute Gasteiger partial charge is 0.746 e. The van der Waals surface area contributed by atoms with E-state index in [0.717, 1.165) is 23.5 Å². The van der Waals surface area contributed by atoms with Crippen molar-refractivity contribution in [2.24, 2.45) is 0 Å². The van der Waals surface area contributed by atoms with Crippen LogP contribution in [-0.2, 0) is 20.2 Å². The molecule has 0 saturated carbocycles. The summed E-state index contributed by atoms with van der Waals surface area (Å²) in [4.78, 5) is 26.7. The average molecular weight is 939 g/mol. The van der Waals surface area contributed by atoms with Crippen LogP contribution in [-0.4, -0.2) is 59.9 Å². The fourth-order valence-corrected chi connectivity index (χ4v) is 8.93. The van der Waals surface area contributed by atoms with Crippen molar-refractivity contribution in [2.75, 3.05) is 31.9 Å². The Bertz CT molecular complexity index is 2940. The predicted molar refractivity (Wildman–Crippen MR) is 244 cm³/mol. The van der Waals surface area contributed by atoms with Gasteiger partial charge in [0.1, 0.15) is 20.2 Å². The number of para-hydroxylation sites is 4. The zero-order valence-corrected chi connectivity index (χ0v) is 41.0. The Labute approximate surface area is 424 Å². The molecule has 2 aromatic heterocycles. The minimum atomic E-state index is -5.88.